The summed E-state index contributed by atoms with van der Waals surface area (Å²) in [6.45, 7) is 0.925. The molecule has 0 atom stereocenters. The molecule has 0 aliphatic heterocycles. The fraction of sp³-hybridized carbons (Fsp3) is 0.200. The second kappa shape index (κ2) is 11.2. The lowest BCUT2D eigenvalue weighted by Gasteiger charge is -2.25. The maximum atomic E-state index is 13.5. The summed E-state index contributed by atoms with van der Waals surface area (Å²) in [5.74, 6) is -0.861. The summed E-state index contributed by atoms with van der Waals surface area (Å²) in [6.07, 6.45) is -3.47. The van der Waals surface area contributed by atoms with Crippen LogP contribution in [0, 0.1) is 6.92 Å². The smallest absolute Gasteiger partial charge is 0.378 e. The average molecular weight is 553 g/mol. The summed E-state index contributed by atoms with van der Waals surface area (Å²) in [5, 5.41) is 3.24. The van der Waals surface area contributed by atoms with Crippen LogP contribution >= 0.6 is 11.6 Å². The number of hydrogen-bond acceptors (Lipinski definition) is 5. The standard InChI is InChI=1S/C25H24ClF3N4O3S/c1-17-4-11-21(12-5-17)37(35,36)33(20-10-13-23(26)22(14-20)25(27,28)29)16-24(34)31-30-15-18-6-8-19(9-7-18)32(2)3/h4-15H,16H2,1-3H3,(H,31,34)/b30-15-. The van der Waals surface area contributed by atoms with Gasteiger partial charge in [0.15, 0.2) is 0 Å². The number of rotatable bonds is 8. The van der Waals surface area contributed by atoms with Crippen LogP contribution in [0.3, 0.4) is 0 Å². The first kappa shape index (κ1) is 28.0. The van der Waals surface area contributed by atoms with E-state index >= 15 is 0 Å². The molecule has 0 unspecified atom stereocenters. The predicted molar refractivity (Wildman–Crippen MR) is 139 cm³/mol. The monoisotopic (exact) mass is 552 g/mol. The van der Waals surface area contributed by atoms with Crippen LogP contribution in [0.15, 0.2) is 76.7 Å². The molecular formula is C25H24ClF3N4O3S. The zero-order chi connectivity index (χ0) is 27.4. The number of nitrogens with zero attached hydrogens (tertiary/aromatic N) is 3. The lowest BCUT2D eigenvalue weighted by molar-refractivity contribution is -0.137. The van der Waals surface area contributed by atoms with E-state index in [2.05, 4.69) is 10.5 Å². The van der Waals surface area contributed by atoms with Gasteiger partial charge in [0.2, 0.25) is 0 Å². The summed E-state index contributed by atoms with van der Waals surface area (Å²) in [6, 6.07) is 15.6. The second-order valence-corrected chi connectivity index (χ2v) is 10.5. The van der Waals surface area contributed by atoms with Gasteiger partial charge < -0.3 is 4.90 Å². The molecule has 0 spiro atoms. The van der Waals surface area contributed by atoms with Crippen LogP contribution in [0.1, 0.15) is 16.7 Å². The number of sulfonamides is 1. The first-order valence-corrected chi connectivity index (χ1v) is 12.7. The Morgan fingerprint density at radius 2 is 1.59 bits per heavy atom. The maximum absolute atomic E-state index is 13.5. The van der Waals surface area contributed by atoms with Gasteiger partial charge in [0.05, 0.1) is 27.4 Å². The van der Waals surface area contributed by atoms with Crippen molar-refractivity contribution in [3.63, 3.8) is 0 Å². The van der Waals surface area contributed by atoms with Crippen molar-refractivity contribution in [2.24, 2.45) is 5.10 Å². The van der Waals surface area contributed by atoms with Crippen molar-refractivity contribution in [2.45, 2.75) is 18.0 Å². The van der Waals surface area contributed by atoms with Crippen LogP contribution in [-0.4, -0.2) is 41.2 Å². The number of carbonyl (C=O) groups excluding carboxylic acids is 1. The largest absolute Gasteiger partial charge is 0.417 e. The number of hydrogen-bond donors (Lipinski definition) is 1. The first-order chi connectivity index (χ1) is 17.3. The van der Waals surface area contributed by atoms with Crippen LogP contribution in [0.2, 0.25) is 5.02 Å². The van der Waals surface area contributed by atoms with Crippen molar-refractivity contribution < 1.29 is 26.4 Å². The molecule has 7 nitrogen and oxygen atoms in total. The van der Waals surface area contributed by atoms with E-state index in [0.717, 1.165) is 23.4 Å². The highest BCUT2D eigenvalue weighted by Crippen LogP contribution is 2.38. The number of carbonyl (C=O) groups is 1. The zero-order valence-electron chi connectivity index (χ0n) is 20.1. The van der Waals surface area contributed by atoms with Crippen LogP contribution < -0.4 is 14.6 Å². The number of amides is 1. The van der Waals surface area contributed by atoms with E-state index in [1.807, 2.05) is 31.1 Å². The van der Waals surface area contributed by atoms with Gasteiger partial charge in [0, 0.05) is 19.8 Å². The highest BCUT2D eigenvalue weighted by molar-refractivity contribution is 7.92. The van der Waals surface area contributed by atoms with Gasteiger partial charge in [-0.1, -0.05) is 41.4 Å². The Morgan fingerprint density at radius 1 is 1.00 bits per heavy atom. The van der Waals surface area contributed by atoms with Gasteiger partial charge in [-0.05, 0) is 55.0 Å². The molecule has 3 aromatic carbocycles. The molecule has 0 radical (unpaired) electrons. The van der Waals surface area contributed by atoms with Crippen molar-refractivity contribution in [3.8, 4) is 0 Å². The van der Waals surface area contributed by atoms with E-state index in [9.17, 15) is 26.4 Å². The Hall–Kier alpha value is -3.57. The summed E-state index contributed by atoms with van der Waals surface area (Å²) < 4.78 is 67.8. The van der Waals surface area contributed by atoms with Gasteiger partial charge >= 0.3 is 6.18 Å². The Kier molecular flexibility index (Phi) is 8.49. The summed E-state index contributed by atoms with van der Waals surface area (Å²) >= 11 is 5.70. The van der Waals surface area contributed by atoms with E-state index in [-0.39, 0.29) is 10.6 Å². The van der Waals surface area contributed by atoms with Gasteiger partial charge in [-0.25, -0.2) is 13.8 Å². The minimum Gasteiger partial charge on any atom is -0.378 e. The SMILES string of the molecule is Cc1ccc(S(=O)(=O)N(CC(=O)N/N=C\c2ccc(N(C)C)cc2)c2ccc(Cl)c(C(F)(F)F)c2)cc1. The van der Waals surface area contributed by atoms with Crippen LogP contribution in [0.5, 0.6) is 0 Å². The van der Waals surface area contributed by atoms with E-state index in [1.54, 1.807) is 31.2 Å². The Morgan fingerprint density at radius 3 is 2.16 bits per heavy atom. The van der Waals surface area contributed by atoms with Crippen molar-refractivity contribution in [1.82, 2.24) is 5.43 Å². The molecule has 3 aromatic rings. The number of benzene rings is 3. The Bertz CT molecular complexity index is 1390. The zero-order valence-corrected chi connectivity index (χ0v) is 21.7. The molecular weight excluding hydrogens is 529 g/mol. The molecule has 196 valence electrons. The van der Waals surface area contributed by atoms with Crippen molar-refractivity contribution in [3.05, 3.63) is 88.4 Å². The number of nitrogens with one attached hydrogen (secondary N) is 1. The number of halogens is 4. The molecule has 0 saturated carbocycles. The normalized spacial score (nSPS) is 12.0. The molecule has 37 heavy (non-hydrogen) atoms. The van der Waals surface area contributed by atoms with Gasteiger partial charge in [0.25, 0.3) is 15.9 Å². The summed E-state index contributed by atoms with van der Waals surface area (Å²) in [4.78, 5) is 14.4. The topological polar surface area (TPSA) is 82.1 Å². The molecule has 1 amide bonds. The fourth-order valence-corrected chi connectivity index (χ4v) is 4.88. The minimum absolute atomic E-state index is 0.195. The third-order valence-electron chi connectivity index (χ3n) is 5.25. The fourth-order valence-electron chi connectivity index (χ4n) is 3.24. The van der Waals surface area contributed by atoms with Crippen molar-refractivity contribution >= 4 is 45.1 Å². The molecule has 0 bridgehead atoms. The van der Waals surface area contributed by atoms with Gasteiger partial charge in [-0.3, -0.25) is 9.10 Å². The lowest BCUT2D eigenvalue weighted by Crippen LogP contribution is -2.39. The maximum Gasteiger partial charge on any atom is 0.417 e. The highest BCUT2D eigenvalue weighted by Gasteiger charge is 2.35. The third kappa shape index (κ3) is 7.01. The molecule has 0 heterocycles. The van der Waals surface area contributed by atoms with E-state index < -0.39 is 39.2 Å². The minimum atomic E-state index is -4.83. The molecule has 0 fully saturated rings. The number of alkyl halides is 3. The molecule has 1 N–H and O–H groups in total. The number of hydrazone groups is 1. The van der Waals surface area contributed by atoms with Gasteiger partial charge in [0.1, 0.15) is 6.54 Å². The van der Waals surface area contributed by atoms with E-state index in [4.69, 9.17) is 11.6 Å². The third-order valence-corrected chi connectivity index (χ3v) is 7.37. The highest BCUT2D eigenvalue weighted by atomic mass is 35.5. The number of anilines is 2. The summed E-state index contributed by atoms with van der Waals surface area (Å²) in [7, 11) is -0.652. The van der Waals surface area contributed by atoms with Crippen LogP contribution in [-0.2, 0) is 21.0 Å². The van der Waals surface area contributed by atoms with E-state index in [0.29, 0.717) is 15.9 Å². The summed E-state index contributed by atoms with van der Waals surface area (Å²) in [5.41, 5.74) is 3.02. The van der Waals surface area contributed by atoms with Gasteiger partial charge in [-0.2, -0.15) is 18.3 Å². The number of aryl methyl sites for hydroxylation is 1. The van der Waals surface area contributed by atoms with E-state index in [1.165, 1.54) is 18.3 Å². The van der Waals surface area contributed by atoms with Crippen molar-refractivity contribution in [1.29, 1.82) is 0 Å². The molecule has 0 aliphatic carbocycles. The lowest BCUT2D eigenvalue weighted by atomic mass is 10.2. The molecule has 12 heteroatoms. The Labute approximate surface area is 218 Å². The van der Waals surface area contributed by atoms with Crippen molar-refractivity contribution in [2.75, 3.05) is 29.8 Å². The predicted octanol–water partition coefficient (Wildman–Crippen LogP) is 5.08. The second-order valence-electron chi connectivity index (χ2n) is 8.27. The quantitative estimate of drug-likeness (QED) is 0.312. The Balaban J connectivity index is 1.90. The first-order valence-electron chi connectivity index (χ1n) is 10.8. The molecule has 0 aromatic heterocycles. The molecule has 3 rings (SSSR count). The molecule has 0 saturated heterocycles. The van der Waals surface area contributed by atoms with Crippen LogP contribution in [0.25, 0.3) is 0 Å². The van der Waals surface area contributed by atoms with Crippen LogP contribution in [0.4, 0.5) is 24.5 Å². The molecule has 0 aliphatic rings. The average Bonchev–Trinajstić information content (AvgIpc) is 2.83. The van der Waals surface area contributed by atoms with Gasteiger partial charge in [-0.15, -0.1) is 0 Å².